The van der Waals surface area contributed by atoms with Crippen LogP contribution in [0.1, 0.15) is 33.6 Å². The molecule has 0 amide bonds. The van der Waals surface area contributed by atoms with Crippen LogP contribution in [0.4, 0.5) is 0 Å². The molecule has 0 aliphatic rings. The lowest BCUT2D eigenvalue weighted by atomic mass is 10.0. The molecule has 11 heavy (non-hydrogen) atoms. The summed E-state index contributed by atoms with van der Waals surface area (Å²) in [5, 5.41) is 11.9. The molecule has 0 aliphatic heterocycles. The van der Waals surface area contributed by atoms with Gasteiger partial charge in [0.05, 0.1) is 6.61 Å². The average molecular weight is 159 g/mol. The van der Waals surface area contributed by atoms with Gasteiger partial charge in [-0.05, 0) is 18.8 Å². The fraction of sp³-hybridized carbons (Fsp3) is 1.00. The van der Waals surface area contributed by atoms with Crippen LogP contribution in [0.2, 0.25) is 0 Å². The predicted molar refractivity (Wildman–Crippen MR) is 48.6 cm³/mol. The maximum atomic E-state index is 8.58. The van der Waals surface area contributed by atoms with Crippen LogP contribution in [0.25, 0.3) is 0 Å². The van der Waals surface area contributed by atoms with Crippen LogP contribution in [0, 0.1) is 5.92 Å². The number of hydrogen-bond acceptors (Lipinski definition) is 2. The molecular weight excluding hydrogens is 138 g/mol. The Labute approximate surface area is 70.0 Å². The van der Waals surface area contributed by atoms with Crippen LogP contribution in [-0.4, -0.2) is 24.3 Å². The molecule has 0 saturated heterocycles. The van der Waals surface area contributed by atoms with Gasteiger partial charge in [0.15, 0.2) is 0 Å². The van der Waals surface area contributed by atoms with E-state index in [1.165, 1.54) is 6.42 Å². The second-order valence-corrected chi connectivity index (χ2v) is 3.41. The van der Waals surface area contributed by atoms with E-state index in [4.69, 9.17) is 5.11 Å². The molecule has 0 bridgehead atoms. The van der Waals surface area contributed by atoms with E-state index in [1.54, 1.807) is 0 Å². The largest absolute Gasteiger partial charge is 0.395 e. The maximum Gasteiger partial charge on any atom is 0.0556 e. The minimum atomic E-state index is 0.245. The Morgan fingerprint density at radius 1 is 1.36 bits per heavy atom. The van der Waals surface area contributed by atoms with E-state index < -0.39 is 0 Å². The van der Waals surface area contributed by atoms with Gasteiger partial charge in [-0.3, -0.25) is 0 Å². The van der Waals surface area contributed by atoms with Crippen LogP contribution < -0.4 is 5.32 Å². The molecular formula is C9H21NO. The van der Waals surface area contributed by atoms with Gasteiger partial charge in [0.1, 0.15) is 0 Å². The summed E-state index contributed by atoms with van der Waals surface area (Å²) in [6.45, 7) is 7.60. The Hall–Kier alpha value is -0.0800. The Bertz CT molecular complexity index is 83.6. The highest BCUT2D eigenvalue weighted by molar-refractivity contribution is 4.65. The van der Waals surface area contributed by atoms with Gasteiger partial charge in [-0.15, -0.1) is 0 Å². The Morgan fingerprint density at radius 3 is 2.36 bits per heavy atom. The first kappa shape index (κ1) is 10.9. The van der Waals surface area contributed by atoms with E-state index in [2.05, 4.69) is 26.1 Å². The van der Waals surface area contributed by atoms with Gasteiger partial charge in [-0.2, -0.15) is 0 Å². The molecule has 0 spiro atoms. The smallest absolute Gasteiger partial charge is 0.0556 e. The zero-order valence-electron chi connectivity index (χ0n) is 7.93. The molecule has 0 saturated carbocycles. The van der Waals surface area contributed by atoms with E-state index in [-0.39, 0.29) is 6.61 Å². The van der Waals surface area contributed by atoms with E-state index in [0.29, 0.717) is 6.04 Å². The summed E-state index contributed by atoms with van der Waals surface area (Å²) < 4.78 is 0. The molecule has 0 radical (unpaired) electrons. The first-order valence-electron chi connectivity index (χ1n) is 4.55. The maximum absolute atomic E-state index is 8.58. The van der Waals surface area contributed by atoms with Gasteiger partial charge in [0, 0.05) is 12.6 Å². The van der Waals surface area contributed by atoms with Crippen LogP contribution in [0.15, 0.2) is 0 Å². The molecule has 0 aliphatic carbocycles. The van der Waals surface area contributed by atoms with Gasteiger partial charge in [0.25, 0.3) is 0 Å². The van der Waals surface area contributed by atoms with Gasteiger partial charge >= 0.3 is 0 Å². The summed E-state index contributed by atoms with van der Waals surface area (Å²) in [5.74, 6) is 0.742. The monoisotopic (exact) mass is 159 g/mol. The molecule has 2 nitrogen and oxygen atoms in total. The molecule has 0 rings (SSSR count). The number of aliphatic hydroxyl groups excluding tert-OH is 1. The molecule has 0 aromatic carbocycles. The minimum absolute atomic E-state index is 0.245. The van der Waals surface area contributed by atoms with Gasteiger partial charge in [-0.25, -0.2) is 0 Å². The molecule has 1 atom stereocenters. The molecule has 0 heterocycles. The number of nitrogens with one attached hydrogen (secondary N) is 1. The molecule has 0 unspecified atom stereocenters. The molecule has 0 fully saturated rings. The van der Waals surface area contributed by atoms with Crippen molar-refractivity contribution in [1.82, 2.24) is 5.32 Å². The van der Waals surface area contributed by atoms with Crippen molar-refractivity contribution in [3.63, 3.8) is 0 Å². The number of rotatable bonds is 6. The fourth-order valence-corrected chi connectivity index (χ4v) is 1.23. The Balaban J connectivity index is 3.41. The van der Waals surface area contributed by atoms with Crippen molar-refractivity contribution >= 4 is 0 Å². The standard InChI is InChI=1S/C9H21NO/c1-4-9(7-8(2)3)10-5-6-11/h8-11H,4-7H2,1-3H3/t9-/m0/s1. The third-order valence-electron chi connectivity index (χ3n) is 1.79. The lowest BCUT2D eigenvalue weighted by molar-refractivity contribution is 0.276. The highest BCUT2D eigenvalue weighted by Gasteiger charge is 2.06. The van der Waals surface area contributed by atoms with Crippen molar-refractivity contribution < 1.29 is 5.11 Å². The molecule has 0 aromatic heterocycles. The van der Waals surface area contributed by atoms with Crippen LogP contribution >= 0.6 is 0 Å². The quantitative estimate of drug-likeness (QED) is 0.614. The average Bonchev–Trinajstić information content (AvgIpc) is 1.97. The van der Waals surface area contributed by atoms with E-state index in [0.717, 1.165) is 18.9 Å². The van der Waals surface area contributed by atoms with Crippen molar-refractivity contribution in [2.24, 2.45) is 5.92 Å². The third kappa shape index (κ3) is 6.32. The minimum Gasteiger partial charge on any atom is -0.395 e. The van der Waals surface area contributed by atoms with Crippen LogP contribution in [0.3, 0.4) is 0 Å². The molecule has 2 heteroatoms. The van der Waals surface area contributed by atoms with Gasteiger partial charge in [0.2, 0.25) is 0 Å². The zero-order valence-corrected chi connectivity index (χ0v) is 7.93. The van der Waals surface area contributed by atoms with Crippen molar-refractivity contribution in [3.8, 4) is 0 Å². The summed E-state index contributed by atoms with van der Waals surface area (Å²) in [5.41, 5.74) is 0. The Morgan fingerprint density at radius 2 is 2.00 bits per heavy atom. The first-order chi connectivity index (χ1) is 5.20. The van der Waals surface area contributed by atoms with E-state index >= 15 is 0 Å². The van der Waals surface area contributed by atoms with Crippen LogP contribution in [0.5, 0.6) is 0 Å². The summed E-state index contributed by atoms with van der Waals surface area (Å²) in [4.78, 5) is 0. The summed E-state index contributed by atoms with van der Waals surface area (Å²) in [7, 11) is 0. The van der Waals surface area contributed by atoms with E-state index in [9.17, 15) is 0 Å². The van der Waals surface area contributed by atoms with Crippen molar-refractivity contribution in [2.45, 2.75) is 39.7 Å². The Kier molecular flexibility index (Phi) is 6.57. The molecule has 68 valence electrons. The van der Waals surface area contributed by atoms with Crippen molar-refractivity contribution in [1.29, 1.82) is 0 Å². The lowest BCUT2D eigenvalue weighted by Crippen LogP contribution is -2.31. The topological polar surface area (TPSA) is 32.3 Å². The first-order valence-corrected chi connectivity index (χ1v) is 4.55. The summed E-state index contributed by atoms with van der Waals surface area (Å²) >= 11 is 0. The summed E-state index contributed by atoms with van der Waals surface area (Å²) in [6, 6.07) is 0.585. The fourth-order valence-electron chi connectivity index (χ4n) is 1.23. The third-order valence-corrected chi connectivity index (χ3v) is 1.79. The molecule has 0 aromatic rings. The van der Waals surface area contributed by atoms with E-state index in [1.807, 2.05) is 0 Å². The van der Waals surface area contributed by atoms with Crippen molar-refractivity contribution in [3.05, 3.63) is 0 Å². The van der Waals surface area contributed by atoms with Crippen LogP contribution in [-0.2, 0) is 0 Å². The zero-order chi connectivity index (χ0) is 8.69. The number of aliphatic hydroxyl groups is 1. The summed E-state index contributed by atoms with van der Waals surface area (Å²) in [6.07, 6.45) is 2.36. The SMILES string of the molecule is CC[C@@H](CC(C)C)NCCO. The molecule has 2 N–H and O–H groups in total. The normalized spacial score (nSPS) is 13.9. The second kappa shape index (κ2) is 6.62. The second-order valence-electron chi connectivity index (χ2n) is 3.41. The number of hydrogen-bond donors (Lipinski definition) is 2. The highest BCUT2D eigenvalue weighted by Crippen LogP contribution is 2.06. The van der Waals surface area contributed by atoms with Crippen molar-refractivity contribution in [2.75, 3.05) is 13.2 Å². The predicted octanol–water partition coefficient (Wildman–Crippen LogP) is 1.39. The highest BCUT2D eigenvalue weighted by atomic mass is 16.3. The van der Waals surface area contributed by atoms with Gasteiger partial charge in [-0.1, -0.05) is 20.8 Å². The lowest BCUT2D eigenvalue weighted by Gasteiger charge is -2.17. The van der Waals surface area contributed by atoms with Gasteiger partial charge < -0.3 is 10.4 Å².